The third-order valence-electron chi connectivity index (χ3n) is 3.61. The number of benzene rings is 1. The first-order chi connectivity index (χ1) is 8.92. The van der Waals surface area contributed by atoms with Gasteiger partial charge in [-0.05, 0) is 66.5 Å². The van der Waals surface area contributed by atoms with Crippen LogP contribution in [-0.4, -0.2) is 22.5 Å². The van der Waals surface area contributed by atoms with Crippen molar-refractivity contribution in [1.82, 2.24) is 5.32 Å². The fourth-order valence-corrected chi connectivity index (χ4v) is 2.80. The Hall–Kier alpha value is -1.11. The summed E-state index contributed by atoms with van der Waals surface area (Å²) in [6, 6.07) is 5.51. The fraction of sp³-hybridized carbons (Fsp3) is 0.429. The highest BCUT2D eigenvalue weighted by Gasteiger charge is 2.40. The highest BCUT2D eigenvalue weighted by molar-refractivity contribution is 14.1. The maximum Gasteiger partial charge on any atom is 0.305 e. The average molecular weight is 373 g/mol. The first-order valence-corrected chi connectivity index (χ1v) is 7.30. The van der Waals surface area contributed by atoms with E-state index in [4.69, 9.17) is 5.11 Å². The van der Waals surface area contributed by atoms with Crippen molar-refractivity contribution in [3.63, 3.8) is 0 Å². The lowest BCUT2D eigenvalue weighted by Crippen LogP contribution is -2.54. The lowest BCUT2D eigenvalue weighted by Gasteiger charge is -2.41. The molecule has 1 saturated carbocycles. The zero-order valence-corrected chi connectivity index (χ0v) is 12.9. The fourth-order valence-electron chi connectivity index (χ4n) is 2.29. The Bertz CT molecular complexity index is 523. The molecule has 0 aliphatic heterocycles. The van der Waals surface area contributed by atoms with Crippen LogP contribution in [0.4, 0.5) is 0 Å². The molecule has 19 heavy (non-hydrogen) atoms. The quantitative estimate of drug-likeness (QED) is 0.798. The SMILES string of the molecule is Cc1ccc(C(=O)NC2(CC(=O)O)CCC2)cc1I. The van der Waals surface area contributed by atoms with Crippen molar-refractivity contribution in [1.29, 1.82) is 0 Å². The molecule has 0 aromatic heterocycles. The summed E-state index contributed by atoms with van der Waals surface area (Å²) in [4.78, 5) is 23.1. The van der Waals surface area contributed by atoms with E-state index in [-0.39, 0.29) is 12.3 Å². The second kappa shape index (κ2) is 5.48. The van der Waals surface area contributed by atoms with Gasteiger partial charge in [-0.15, -0.1) is 0 Å². The molecule has 0 spiro atoms. The summed E-state index contributed by atoms with van der Waals surface area (Å²) in [5.74, 6) is -1.04. The molecule has 102 valence electrons. The molecule has 1 amide bonds. The third kappa shape index (κ3) is 3.26. The summed E-state index contributed by atoms with van der Waals surface area (Å²) >= 11 is 2.19. The van der Waals surface area contributed by atoms with Crippen LogP contribution in [0.15, 0.2) is 18.2 Å². The number of carbonyl (C=O) groups is 2. The van der Waals surface area contributed by atoms with Crippen molar-refractivity contribution in [3.05, 3.63) is 32.9 Å². The molecule has 0 heterocycles. The number of hydrogen-bond donors (Lipinski definition) is 2. The number of carboxylic acids is 1. The number of aryl methyl sites for hydroxylation is 1. The van der Waals surface area contributed by atoms with Gasteiger partial charge in [0.1, 0.15) is 0 Å². The molecule has 1 aliphatic rings. The third-order valence-corrected chi connectivity index (χ3v) is 4.78. The van der Waals surface area contributed by atoms with Gasteiger partial charge in [0.2, 0.25) is 0 Å². The second-order valence-electron chi connectivity index (χ2n) is 5.12. The lowest BCUT2D eigenvalue weighted by molar-refractivity contribution is -0.139. The van der Waals surface area contributed by atoms with Gasteiger partial charge in [-0.25, -0.2) is 0 Å². The van der Waals surface area contributed by atoms with Crippen LogP contribution in [0.3, 0.4) is 0 Å². The van der Waals surface area contributed by atoms with Crippen LogP contribution in [0.2, 0.25) is 0 Å². The van der Waals surface area contributed by atoms with Gasteiger partial charge < -0.3 is 10.4 Å². The van der Waals surface area contributed by atoms with Crippen LogP contribution in [0.25, 0.3) is 0 Å². The van der Waals surface area contributed by atoms with Gasteiger partial charge in [-0.1, -0.05) is 6.07 Å². The van der Waals surface area contributed by atoms with E-state index in [1.54, 1.807) is 6.07 Å². The Morgan fingerprint density at radius 2 is 2.11 bits per heavy atom. The van der Waals surface area contributed by atoms with Crippen molar-refractivity contribution >= 4 is 34.5 Å². The van der Waals surface area contributed by atoms with Crippen molar-refractivity contribution in [2.45, 2.75) is 38.1 Å². The van der Waals surface area contributed by atoms with Crippen molar-refractivity contribution < 1.29 is 14.7 Å². The van der Waals surface area contributed by atoms with Gasteiger partial charge in [-0.2, -0.15) is 0 Å². The minimum atomic E-state index is -0.863. The van der Waals surface area contributed by atoms with Gasteiger partial charge in [0.05, 0.1) is 12.0 Å². The number of carboxylic acid groups (broad SMARTS) is 1. The van der Waals surface area contributed by atoms with Crippen molar-refractivity contribution in [2.24, 2.45) is 0 Å². The topological polar surface area (TPSA) is 66.4 Å². The molecule has 2 N–H and O–H groups in total. The molecule has 4 nitrogen and oxygen atoms in total. The number of nitrogens with one attached hydrogen (secondary N) is 1. The molecule has 1 fully saturated rings. The smallest absolute Gasteiger partial charge is 0.305 e. The van der Waals surface area contributed by atoms with E-state index in [2.05, 4.69) is 27.9 Å². The average Bonchev–Trinajstić information content (AvgIpc) is 2.29. The van der Waals surface area contributed by atoms with E-state index in [1.165, 1.54) is 0 Å². The Kier molecular flexibility index (Phi) is 4.13. The van der Waals surface area contributed by atoms with Gasteiger partial charge in [0.25, 0.3) is 5.91 Å². The lowest BCUT2D eigenvalue weighted by atomic mass is 9.74. The number of carbonyl (C=O) groups excluding carboxylic acids is 1. The van der Waals surface area contributed by atoms with Gasteiger partial charge >= 0.3 is 5.97 Å². The van der Waals surface area contributed by atoms with E-state index in [0.717, 1.165) is 28.4 Å². The molecule has 0 bridgehead atoms. The Morgan fingerprint density at radius 1 is 1.42 bits per heavy atom. The highest BCUT2D eigenvalue weighted by atomic mass is 127. The molecule has 1 aromatic carbocycles. The normalized spacial score (nSPS) is 16.5. The summed E-state index contributed by atoms with van der Waals surface area (Å²) in [6.07, 6.45) is 2.46. The number of hydrogen-bond acceptors (Lipinski definition) is 2. The number of amides is 1. The molecule has 1 aliphatic carbocycles. The van der Waals surface area contributed by atoms with Crippen LogP contribution in [0.1, 0.15) is 41.6 Å². The van der Waals surface area contributed by atoms with Gasteiger partial charge in [0.15, 0.2) is 0 Å². The highest BCUT2D eigenvalue weighted by Crippen LogP contribution is 2.35. The largest absolute Gasteiger partial charge is 0.481 e. The maximum atomic E-state index is 12.2. The van der Waals surface area contributed by atoms with E-state index >= 15 is 0 Å². The first kappa shape index (κ1) is 14.3. The predicted molar refractivity (Wildman–Crippen MR) is 80.2 cm³/mol. The van der Waals surface area contributed by atoms with Crippen LogP contribution in [0, 0.1) is 10.5 Å². The Balaban J connectivity index is 2.11. The standard InChI is InChI=1S/C14H16INO3/c1-9-3-4-10(7-11(9)15)13(19)16-14(5-2-6-14)8-12(17)18/h3-4,7H,2,5-6,8H2,1H3,(H,16,19)(H,17,18). The van der Waals surface area contributed by atoms with Crippen molar-refractivity contribution in [3.8, 4) is 0 Å². The van der Waals surface area contributed by atoms with E-state index < -0.39 is 11.5 Å². The maximum absolute atomic E-state index is 12.2. The monoisotopic (exact) mass is 373 g/mol. The van der Waals surface area contributed by atoms with Crippen LogP contribution >= 0.6 is 22.6 Å². The molecular formula is C14H16INO3. The van der Waals surface area contributed by atoms with E-state index in [9.17, 15) is 9.59 Å². The predicted octanol–water partition coefficient (Wildman–Crippen LogP) is 2.73. The van der Waals surface area contributed by atoms with Gasteiger partial charge in [0, 0.05) is 9.13 Å². The molecule has 0 atom stereocenters. The number of rotatable bonds is 4. The Labute approximate surface area is 125 Å². The zero-order valence-electron chi connectivity index (χ0n) is 10.7. The molecule has 5 heteroatoms. The molecule has 1 aromatic rings. The Morgan fingerprint density at radius 3 is 2.58 bits per heavy atom. The molecule has 0 saturated heterocycles. The first-order valence-electron chi connectivity index (χ1n) is 6.22. The molecule has 0 unspecified atom stereocenters. The van der Waals surface area contributed by atoms with Crippen molar-refractivity contribution in [2.75, 3.05) is 0 Å². The molecule has 2 rings (SSSR count). The second-order valence-corrected chi connectivity index (χ2v) is 6.28. The van der Waals surface area contributed by atoms with Crippen LogP contribution in [-0.2, 0) is 4.79 Å². The van der Waals surface area contributed by atoms with E-state index in [1.807, 2.05) is 19.1 Å². The summed E-state index contributed by atoms with van der Waals surface area (Å²) < 4.78 is 1.03. The minimum absolute atomic E-state index is 0.00168. The number of aliphatic carboxylic acids is 1. The summed E-state index contributed by atoms with van der Waals surface area (Å²) in [7, 11) is 0. The van der Waals surface area contributed by atoms with E-state index in [0.29, 0.717) is 5.56 Å². The summed E-state index contributed by atoms with van der Waals surface area (Å²) in [5.41, 5.74) is 1.17. The molecular weight excluding hydrogens is 357 g/mol. The zero-order chi connectivity index (χ0) is 14.0. The van der Waals surface area contributed by atoms with Crippen LogP contribution in [0.5, 0.6) is 0 Å². The van der Waals surface area contributed by atoms with Crippen LogP contribution < -0.4 is 5.32 Å². The molecule has 0 radical (unpaired) electrons. The summed E-state index contributed by atoms with van der Waals surface area (Å²) in [6.45, 7) is 1.99. The number of halogens is 1. The van der Waals surface area contributed by atoms with Gasteiger partial charge in [-0.3, -0.25) is 9.59 Å². The summed E-state index contributed by atoms with van der Waals surface area (Å²) in [5, 5.41) is 11.8. The minimum Gasteiger partial charge on any atom is -0.481 e.